The number of esters is 1. The van der Waals surface area contributed by atoms with Crippen LogP contribution in [0.25, 0.3) is 0 Å². The maximum absolute atomic E-state index is 11.8. The highest BCUT2D eigenvalue weighted by atomic mass is 35.5. The zero-order chi connectivity index (χ0) is 14.8. The lowest BCUT2D eigenvalue weighted by Gasteiger charge is -2.20. The number of carbonyl (C=O) groups is 2. The fourth-order valence-electron chi connectivity index (χ4n) is 1.58. The minimum atomic E-state index is -0.326. The Bertz CT molecular complexity index is 459. The first-order valence-corrected chi connectivity index (χ1v) is 6.83. The third-order valence-electron chi connectivity index (χ3n) is 2.56. The van der Waals surface area contributed by atoms with Gasteiger partial charge in [0.1, 0.15) is 12.5 Å². The van der Waals surface area contributed by atoms with Crippen molar-refractivity contribution in [3.05, 3.63) is 48.0 Å². The Kier molecular flexibility index (Phi) is 7.43. The van der Waals surface area contributed by atoms with Crippen LogP contribution in [0.5, 0.6) is 0 Å². The fraction of sp³-hybridized carbons (Fsp3) is 0.333. The summed E-state index contributed by atoms with van der Waals surface area (Å²) in [4.78, 5) is 24.0. The Labute approximate surface area is 124 Å². The number of ether oxygens (including phenoxy) is 1. The number of hydrogen-bond donors (Lipinski definition) is 0. The van der Waals surface area contributed by atoms with Gasteiger partial charge in [0, 0.05) is 20.0 Å². The summed E-state index contributed by atoms with van der Waals surface area (Å²) in [6, 6.07) is 9.69. The predicted octanol–water partition coefficient (Wildman–Crippen LogP) is 2.37. The topological polar surface area (TPSA) is 46.6 Å². The Morgan fingerprint density at radius 1 is 1.25 bits per heavy atom. The van der Waals surface area contributed by atoms with Crippen molar-refractivity contribution >= 4 is 23.5 Å². The van der Waals surface area contributed by atoms with E-state index in [9.17, 15) is 9.59 Å². The minimum absolute atomic E-state index is 0.0510. The second-order valence-electron chi connectivity index (χ2n) is 4.17. The second-order valence-corrected chi connectivity index (χ2v) is 4.43. The summed E-state index contributed by atoms with van der Waals surface area (Å²) in [7, 11) is 0. The first kappa shape index (κ1) is 16.2. The molecule has 0 aliphatic heterocycles. The summed E-state index contributed by atoms with van der Waals surface area (Å²) in [5.41, 5.74) is 1.04. The molecular weight excluding hydrogens is 278 g/mol. The van der Waals surface area contributed by atoms with Gasteiger partial charge in [-0.3, -0.25) is 9.59 Å². The quantitative estimate of drug-likeness (QED) is 0.441. The normalized spacial score (nSPS) is 10.5. The average molecular weight is 296 g/mol. The van der Waals surface area contributed by atoms with E-state index in [1.165, 1.54) is 6.92 Å². The van der Waals surface area contributed by atoms with Crippen LogP contribution in [0.4, 0.5) is 0 Å². The van der Waals surface area contributed by atoms with E-state index >= 15 is 0 Å². The molecule has 0 atom stereocenters. The molecule has 0 aliphatic rings. The Hall–Kier alpha value is -1.81. The van der Waals surface area contributed by atoms with Crippen molar-refractivity contribution in [2.75, 3.05) is 19.0 Å². The highest BCUT2D eigenvalue weighted by molar-refractivity contribution is 6.27. The summed E-state index contributed by atoms with van der Waals surface area (Å²) >= 11 is 5.61. The van der Waals surface area contributed by atoms with Crippen LogP contribution < -0.4 is 0 Å². The predicted molar refractivity (Wildman–Crippen MR) is 78.4 cm³/mol. The van der Waals surface area contributed by atoms with Crippen LogP contribution in [0.1, 0.15) is 12.5 Å². The molecule has 0 saturated carbocycles. The molecule has 4 nitrogen and oxygen atoms in total. The first-order valence-electron chi connectivity index (χ1n) is 6.29. The average Bonchev–Trinajstić information content (AvgIpc) is 2.45. The molecule has 5 heteroatoms. The third kappa shape index (κ3) is 6.38. The molecule has 1 rings (SSSR count). The van der Waals surface area contributed by atoms with Gasteiger partial charge in [-0.25, -0.2) is 0 Å². The summed E-state index contributed by atoms with van der Waals surface area (Å²) in [5, 5.41) is 0. The summed E-state index contributed by atoms with van der Waals surface area (Å²) in [5.74, 6) is -0.509. The zero-order valence-electron chi connectivity index (χ0n) is 11.4. The van der Waals surface area contributed by atoms with Crippen molar-refractivity contribution < 1.29 is 14.3 Å². The number of hydrogen-bond acceptors (Lipinski definition) is 3. The monoisotopic (exact) mass is 295 g/mol. The van der Waals surface area contributed by atoms with Crippen molar-refractivity contribution in [2.24, 2.45) is 0 Å². The van der Waals surface area contributed by atoms with E-state index in [4.69, 9.17) is 16.3 Å². The van der Waals surface area contributed by atoms with Crippen LogP contribution in [0.15, 0.2) is 42.5 Å². The molecule has 0 aromatic heterocycles. The number of halogens is 1. The highest BCUT2D eigenvalue weighted by Gasteiger charge is 2.10. The maximum atomic E-state index is 11.8. The van der Waals surface area contributed by atoms with Crippen molar-refractivity contribution in [2.45, 2.75) is 13.5 Å². The van der Waals surface area contributed by atoms with E-state index in [-0.39, 0.29) is 24.4 Å². The van der Waals surface area contributed by atoms with Crippen LogP contribution in [0, 0.1) is 0 Å². The highest BCUT2D eigenvalue weighted by Crippen LogP contribution is 2.05. The molecule has 0 radical (unpaired) electrons. The molecule has 0 fully saturated rings. The van der Waals surface area contributed by atoms with Gasteiger partial charge in [-0.05, 0) is 11.6 Å². The third-order valence-corrected chi connectivity index (χ3v) is 2.79. The van der Waals surface area contributed by atoms with Crippen LogP contribution in [-0.2, 0) is 20.9 Å². The fourth-order valence-corrected chi connectivity index (χ4v) is 1.75. The summed E-state index contributed by atoms with van der Waals surface area (Å²) < 4.78 is 4.77. The van der Waals surface area contributed by atoms with E-state index in [1.54, 1.807) is 17.1 Å². The molecule has 0 heterocycles. The smallest absolute Gasteiger partial charge is 0.302 e. The Morgan fingerprint density at radius 2 is 1.95 bits per heavy atom. The van der Waals surface area contributed by atoms with E-state index in [1.807, 2.05) is 30.3 Å². The molecule has 0 aliphatic carbocycles. The maximum Gasteiger partial charge on any atom is 0.302 e. The number of amides is 1. The molecule has 20 heavy (non-hydrogen) atoms. The Balaban J connectivity index is 2.52. The molecule has 1 aromatic rings. The SMILES string of the molecule is CC(=O)OC/C=C\CN(Cc1ccccc1)C(=O)CCl. The molecule has 0 saturated heterocycles. The van der Waals surface area contributed by atoms with Gasteiger partial charge in [0.25, 0.3) is 0 Å². The van der Waals surface area contributed by atoms with E-state index in [2.05, 4.69) is 0 Å². The largest absolute Gasteiger partial charge is 0.462 e. The van der Waals surface area contributed by atoms with Crippen molar-refractivity contribution in [3.8, 4) is 0 Å². The molecular formula is C15H18ClNO3. The van der Waals surface area contributed by atoms with Crippen molar-refractivity contribution in [1.82, 2.24) is 4.90 Å². The molecule has 0 spiro atoms. The van der Waals surface area contributed by atoms with Gasteiger partial charge in [0.05, 0.1) is 0 Å². The number of carbonyl (C=O) groups excluding carboxylic acids is 2. The number of alkyl halides is 1. The molecule has 1 aromatic carbocycles. The van der Waals surface area contributed by atoms with Gasteiger partial charge < -0.3 is 9.64 Å². The van der Waals surface area contributed by atoms with Gasteiger partial charge in [-0.2, -0.15) is 0 Å². The molecule has 0 unspecified atom stereocenters. The van der Waals surface area contributed by atoms with Gasteiger partial charge >= 0.3 is 5.97 Å². The Morgan fingerprint density at radius 3 is 2.55 bits per heavy atom. The zero-order valence-corrected chi connectivity index (χ0v) is 12.2. The molecule has 0 bridgehead atoms. The number of benzene rings is 1. The lowest BCUT2D eigenvalue weighted by molar-refractivity contribution is -0.139. The number of nitrogens with zero attached hydrogens (tertiary/aromatic N) is 1. The van der Waals surface area contributed by atoms with Gasteiger partial charge in [0.2, 0.25) is 5.91 Å². The van der Waals surface area contributed by atoms with Gasteiger partial charge in [0.15, 0.2) is 0 Å². The van der Waals surface area contributed by atoms with E-state index in [0.29, 0.717) is 13.1 Å². The van der Waals surface area contributed by atoms with Crippen LogP contribution in [0.2, 0.25) is 0 Å². The number of rotatable bonds is 7. The molecule has 0 N–H and O–H groups in total. The standard InChI is InChI=1S/C15H18ClNO3/c1-13(18)20-10-6-5-9-17(15(19)11-16)12-14-7-3-2-4-8-14/h2-8H,9-12H2,1H3/b6-5-. The molecule has 1 amide bonds. The van der Waals surface area contributed by atoms with Crippen LogP contribution in [0.3, 0.4) is 0 Å². The van der Waals surface area contributed by atoms with Crippen LogP contribution >= 0.6 is 11.6 Å². The first-order chi connectivity index (χ1) is 9.63. The second kappa shape index (κ2) is 9.15. The molecule has 108 valence electrons. The summed E-state index contributed by atoms with van der Waals surface area (Å²) in [6.45, 7) is 2.50. The van der Waals surface area contributed by atoms with Gasteiger partial charge in [-0.15, -0.1) is 11.6 Å². The minimum Gasteiger partial charge on any atom is -0.462 e. The van der Waals surface area contributed by atoms with Crippen molar-refractivity contribution in [3.63, 3.8) is 0 Å². The summed E-state index contributed by atoms with van der Waals surface area (Å²) in [6.07, 6.45) is 3.50. The van der Waals surface area contributed by atoms with Gasteiger partial charge in [-0.1, -0.05) is 36.4 Å². The van der Waals surface area contributed by atoms with Crippen molar-refractivity contribution in [1.29, 1.82) is 0 Å². The lowest BCUT2D eigenvalue weighted by atomic mass is 10.2. The lowest BCUT2D eigenvalue weighted by Crippen LogP contribution is -2.31. The van der Waals surface area contributed by atoms with E-state index < -0.39 is 0 Å². The van der Waals surface area contributed by atoms with Crippen LogP contribution in [-0.4, -0.2) is 35.8 Å². The van der Waals surface area contributed by atoms with E-state index in [0.717, 1.165) is 5.56 Å².